The summed E-state index contributed by atoms with van der Waals surface area (Å²) in [6, 6.07) is 2.25. The maximum Gasteiger partial charge on any atom is 0.309 e. The standard InChI is InChI=1S/C15H22N2O3/c1-11(18)17-8-6-12(7-9-17)15(19)20-14-5-3-2-4-13(14)10-16/h12-14H,2-9H2,1H3/t13-,14-/m1/s1. The third-order valence-electron chi connectivity index (χ3n) is 4.41. The molecule has 0 N–H and O–H groups in total. The van der Waals surface area contributed by atoms with E-state index in [-0.39, 0.29) is 29.8 Å². The van der Waals surface area contributed by atoms with Gasteiger partial charge in [0.2, 0.25) is 5.91 Å². The number of hydrogen-bond donors (Lipinski definition) is 0. The summed E-state index contributed by atoms with van der Waals surface area (Å²) >= 11 is 0. The number of piperidine rings is 1. The largest absolute Gasteiger partial charge is 0.461 e. The minimum absolute atomic E-state index is 0.0636. The highest BCUT2D eigenvalue weighted by atomic mass is 16.5. The summed E-state index contributed by atoms with van der Waals surface area (Å²) in [5.41, 5.74) is 0. The molecule has 1 saturated heterocycles. The van der Waals surface area contributed by atoms with Crippen LogP contribution in [-0.2, 0) is 14.3 Å². The number of ether oxygens (including phenoxy) is 1. The Balaban J connectivity index is 1.83. The molecule has 1 saturated carbocycles. The number of likely N-dealkylation sites (tertiary alicyclic amines) is 1. The van der Waals surface area contributed by atoms with Crippen LogP contribution in [0.2, 0.25) is 0 Å². The van der Waals surface area contributed by atoms with Crippen LogP contribution in [0.15, 0.2) is 0 Å². The zero-order valence-corrected chi connectivity index (χ0v) is 12.0. The van der Waals surface area contributed by atoms with Gasteiger partial charge in [0.15, 0.2) is 0 Å². The number of nitriles is 1. The lowest BCUT2D eigenvalue weighted by Crippen LogP contribution is -2.40. The van der Waals surface area contributed by atoms with Gasteiger partial charge in [0.05, 0.1) is 17.9 Å². The Kier molecular flexibility index (Phi) is 4.99. The van der Waals surface area contributed by atoms with Gasteiger partial charge in [0.1, 0.15) is 6.10 Å². The summed E-state index contributed by atoms with van der Waals surface area (Å²) in [7, 11) is 0. The number of carbonyl (C=O) groups excluding carboxylic acids is 2. The average molecular weight is 278 g/mol. The zero-order chi connectivity index (χ0) is 14.5. The van der Waals surface area contributed by atoms with Crippen molar-refractivity contribution in [3.63, 3.8) is 0 Å². The molecule has 2 rings (SSSR count). The molecule has 0 bridgehead atoms. The number of amides is 1. The molecule has 5 nitrogen and oxygen atoms in total. The minimum Gasteiger partial charge on any atom is -0.461 e. The quantitative estimate of drug-likeness (QED) is 0.723. The molecule has 0 radical (unpaired) electrons. The SMILES string of the molecule is CC(=O)N1CCC(C(=O)O[C@@H]2CCCC[C@@H]2C#N)CC1. The van der Waals surface area contributed by atoms with Crippen molar-refractivity contribution >= 4 is 11.9 Å². The summed E-state index contributed by atoms with van der Waals surface area (Å²) in [4.78, 5) is 25.2. The second-order valence-electron chi connectivity index (χ2n) is 5.78. The zero-order valence-electron chi connectivity index (χ0n) is 12.0. The van der Waals surface area contributed by atoms with Gasteiger partial charge in [0.25, 0.3) is 0 Å². The first kappa shape index (κ1) is 14.8. The number of esters is 1. The van der Waals surface area contributed by atoms with Crippen molar-refractivity contribution in [1.82, 2.24) is 4.90 Å². The van der Waals surface area contributed by atoms with E-state index in [1.54, 1.807) is 11.8 Å². The monoisotopic (exact) mass is 278 g/mol. The van der Waals surface area contributed by atoms with Crippen molar-refractivity contribution in [1.29, 1.82) is 5.26 Å². The molecule has 1 amide bonds. The van der Waals surface area contributed by atoms with Gasteiger partial charge >= 0.3 is 5.97 Å². The van der Waals surface area contributed by atoms with E-state index >= 15 is 0 Å². The molecule has 0 aromatic carbocycles. The van der Waals surface area contributed by atoms with Crippen molar-refractivity contribution in [3.8, 4) is 6.07 Å². The molecule has 0 unspecified atom stereocenters. The van der Waals surface area contributed by atoms with Gasteiger partial charge in [-0.3, -0.25) is 9.59 Å². The Morgan fingerprint density at radius 3 is 2.40 bits per heavy atom. The topological polar surface area (TPSA) is 70.4 Å². The fourth-order valence-corrected chi connectivity index (χ4v) is 3.06. The summed E-state index contributed by atoms with van der Waals surface area (Å²) < 4.78 is 5.57. The van der Waals surface area contributed by atoms with Crippen LogP contribution in [0.1, 0.15) is 45.4 Å². The molecule has 2 aliphatic rings. The predicted octanol–water partition coefficient (Wildman–Crippen LogP) is 1.87. The second-order valence-corrected chi connectivity index (χ2v) is 5.78. The summed E-state index contributed by atoms with van der Waals surface area (Å²) in [6.45, 7) is 2.81. The van der Waals surface area contributed by atoms with Crippen LogP contribution in [0.5, 0.6) is 0 Å². The van der Waals surface area contributed by atoms with Crippen LogP contribution >= 0.6 is 0 Å². The Labute approximate surface area is 119 Å². The summed E-state index contributed by atoms with van der Waals surface area (Å²) in [5.74, 6) is -0.383. The highest BCUT2D eigenvalue weighted by Gasteiger charge is 2.32. The molecule has 1 heterocycles. The summed E-state index contributed by atoms with van der Waals surface area (Å²) in [5, 5.41) is 9.10. The van der Waals surface area contributed by atoms with Crippen LogP contribution in [0, 0.1) is 23.2 Å². The molecule has 2 atom stereocenters. The van der Waals surface area contributed by atoms with Crippen molar-refractivity contribution in [2.75, 3.05) is 13.1 Å². The molecule has 1 aliphatic carbocycles. The first-order valence-electron chi connectivity index (χ1n) is 7.47. The van der Waals surface area contributed by atoms with E-state index in [9.17, 15) is 9.59 Å². The van der Waals surface area contributed by atoms with Crippen LogP contribution < -0.4 is 0 Å². The van der Waals surface area contributed by atoms with Crippen molar-refractivity contribution in [3.05, 3.63) is 0 Å². The van der Waals surface area contributed by atoms with E-state index in [2.05, 4.69) is 6.07 Å². The van der Waals surface area contributed by atoms with E-state index < -0.39 is 0 Å². The lowest BCUT2D eigenvalue weighted by molar-refractivity contribution is -0.159. The lowest BCUT2D eigenvalue weighted by atomic mass is 9.87. The number of hydrogen-bond acceptors (Lipinski definition) is 4. The molecule has 0 aromatic rings. The fourth-order valence-electron chi connectivity index (χ4n) is 3.06. The Morgan fingerprint density at radius 1 is 1.15 bits per heavy atom. The molecular formula is C15H22N2O3. The second kappa shape index (κ2) is 6.74. The molecule has 2 fully saturated rings. The van der Waals surface area contributed by atoms with Crippen molar-refractivity contribution in [2.24, 2.45) is 11.8 Å². The van der Waals surface area contributed by atoms with Crippen LogP contribution in [0.4, 0.5) is 0 Å². The van der Waals surface area contributed by atoms with Gasteiger partial charge in [-0.2, -0.15) is 5.26 Å². The van der Waals surface area contributed by atoms with Gasteiger partial charge in [-0.05, 0) is 32.1 Å². The highest BCUT2D eigenvalue weighted by Crippen LogP contribution is 2.28. The van der Waals surface area contributed by atoms with Gasteiger partial charge < -0.3 is 9.64 Å². The first-order valence-corrected chi connectivity index (χ1v) is 7.47. The fraction of sp³-hybridized carbons (Fsp3) is 0.800. The summed E-state index contributed by atoms with van der Waals surface area (Å²) in [6.07, 6.45) is 4.81. The van der Waals surface area contributed by atoms with E-state index in [1.807, 2.05) is 0 Å². The maximum absolute atomic E-state index is 12.2. The maximum atomic E-state index is 12.2. The lowest BCUT2D eigenvalue weighted by Gasteiger charge is -2.32. The highest BCUT2D eigenvalue weighted by molar-refractivity contribution is 5.75. The van der Waals surface area contributed by atoms with Gasteiger partial charge in [-0.25, -0.2) is 0 Å². The van der Waals surface area contributed by atoms with E-state index in [0.29, 0.717) is 25.9 Å². The van der Waals surface area contributed by atoms with E-state index in [0.717, 1.165) is 25.7 Å². The first-order chi connectivity index (χ1) is 9.61. The Bertz CT molecular complexity index is 408. The smallest absolute Gasteiger partial charge is 0.309 e. The normalized spacial score (nSPS) is 27.7. The van der Waals surface area contributed by atoms with Crippen molar-refractivity contribution < 1.29 is 14.3 Å². The van der Waals surface area contributed by atoms with E-state index in [4.69, 9.17) is 10.00 Å². The third-order valence-corrected chi connectivity index (χ3v) is 4.41. The predicted molar refractivity (Wildman–Crippen MR) is 72.4 cm³/mol. The Hall–Kier alpha value is -1.57. The van der Waals surface area contributed by atoms with Gasteiger partial charge in [-0.15, -0.1) is 0 Å². The van der Waals surface area contributed by atoms with Gasteiger partial charge in [-0.1, -0.05) is 6.42 Å². The Morgan fingerprint density at radius 2 is 1.80 bits per heavy atom. The molecule has 0 aromatic heterocycles. The molecular weight excluding hydrogens is 256 g/mol. The number of carbonyl (C=O) groups is 2. The van der Waals surface area contributed by atoms with E-state index in [1.165, 1.54) is 0 Å². The number of nitrogens with zero attached hydrogens (tertiary/aromatic N) is 2. The van der Waals surface area contributed by atoms with Crippen LogP contribution in [0.3, 0.4) is 0 Å². The van der Waals surface area contributed by atoms with Crippen molar-refractivity contribution in [2.45, 2.75) is 51.6 Å². The molecule has 0 spiro atoms. The number of rotatable bonds is 2. The van der Waals surface area contributed by atoms with Crippen LogP contribution in [-0.4, -0.2) is 36.0 Å². The molecule has 5 heteroatoms. The molecule has 1 aliphatic heterocycles. The van der Waals surface area contributed by atoms with Gasteiger partial charge in [0, 0.05) is 20.0 Å². The molecule has 110 valence electrons. The third kappa shape index (κ3) is 3.50. The average Bonchev–Trinajstić information content (AvgIpc) is 2.48. The molecule has 20 heavy (non-hydrogen) atoms. The van der Waals surface area contributed by atoms with Crippen LogP contribution in [0.25, 0.3) is 0 Å². The minimum atomic E-state index is -0.230.